The molecule has 0 unspecified atom stereocenters. The van der Waals surface area contributed by atoms with Crippen LogP contribution in [0.25, 0.3) is 0 Å². The summed E-state index contributed by atoms with van der Waals surface area (Å²) in [6, 6.07) is 3.08. The second-order valence-corrected chi connectivity index (χ2v) is 6.06. The van der Waals surface area contributed by atoms with Gasteiger partial charge in [0.05, 0.1) is 12.2 Å². The number of hydrogen-bond donors (Lipinski definition) is 3. The van der Waals surface area contributed by atoms with Gasteiger partial charge in [-0.2, -0.15) is 0 Å². The predicted molar refractivity (Wildman–Crippen MR) is 77.1 cm³/mol. The molecule has 0 atom stereocenters. The normalized spacial score (nSPS) is 14.7. The van der Waals surface area contributed by atoms with Crippen LogP contribution in [0.15, 0.2) is 12.1 Å². The third-order valence-corrected chi connectivity index (χ3v) is 3.24. The highest BCUT2D eigenvalue weighted by atomic mass is 16.3. The molecule has 0 saturated carbocycles. The molecular weight excluding hydrogens is 256 g/mol. The summed E-state index contributed by atoms with van der Waals surface area (Å²) in [6.07, 6.45) is 0.815. The summed E-state index contributed by atoms with van der Waals surface area (Å²) >= 11 is 0. The van der Waals surface area contributed by atoms with Gasteiger partial charge in [-0.3, -0.25) is 9.59 Å². The van der Waals surface area contributed by atoms with Gasteiger partial charge in [0.2, 0.25) is 5.91 Å². The van der Waals surface area contributed by atoms with Gasteiger partial charge in [0.15, 0.2) is 5.78 Å². The fraction of sp³-hybridized carbons (Fsp3) is 0.467. The third kappa shape index (κ3) is 3.17. The van der Waals surface area contributed by atoms with E-state index in [1.54, 1.807) is 6.07 Å². The molecule has 3 N–H and O–H groups in total. The minimum Gasteiger partial charge on any atom is -0.506 e. The predicted octanol–water partition coefficient (Wildman–Crippen LogP) is 1.85. The average molecular weight is 276 g/mol. The Bertz CT molecular complexity index is 559. The van der Waals surface area contributed by atoms with Crippen LogP contribution in [-0.4, -0.2) is 28.9 Å². The summed E-state index contributed by atoms with van der Waals surface area (Å²) in [5.41, 5.74) is 1.53. The van der Waals surface area contributed by atoms with Gasteiger partial charge in [-0.15, -0.1) is 0 Å². The summed E-state index contributed by atoms with van der Waals surface area (Å²) in [5.74, 6) is -0.161. The molecule has 0 spiro atoms. The number of carbonyl (C=O) groups is 2. The summed E-state index contributed by atoms with van der Waals surface area (Å²) in [4.78, 5) is 23.7. The topological polar surface area (TPSA) is 78.4 Å². The minimum atomic E-state index is -0.138. The molecule has 0 bridgehead atoms. The van der Waals surface area contributed by atoms with Crippen LogP contribution < -0.4 is 10.6 Å². The summed E-state index contributed by atoms with van der Waals surface area (Å²) in [6.45, 7) is 6.21. The molecule has 0 radical (unpaired) electrons. The number of fused-ring (bicyclic) bond motifs is 1. The van der Waals surface area contributed by atoms with Crippen molar-refractivity contribution in [3.05, 3.63) is 23.3 Å². The van der Waals surface area contributed by atoms with E-state index in [1.807, 2.05) is 20.8 Å². The van der Waals surface area contributed by atoms with Gasteiger partial charge < -0.3 is 15.7 Å². The number of nitrogens with one attached hydrogen (secondary N) is 2. The quantitative estimate of drug-likeness (QED) is 0.581. The molecule has 0 aliphatic carbocycles. The summed E-state index contributed by atoms with van der Waals surface area (Å²) < 4.78 is 0. The average Bonchev–Trinajstić information content (AvgIpc) is 2.36. The van der Waals surface area contributed by atoms with E-state index in [2.05, 4.69) is 10.6 Å². The Morgan fingerprint density at radius 1 is 1.35 bits per heavy atom. The maximum Gasteiger partial charge on any atom is 0.224 e. The number of amides is 1. The fourth-order valence-corrected chi connectivity index (χ4v) is 2.18. The highest BCUT2D eigenvalue weighted by Gasteiger charge is 2.24. The summed E-state index contributed by atoms with van der Waals surface area (Å²) in [7, 11) is 0. The lowest BCUT2D eigenvalue weighted by atomic mass is 9.94. The van der Waals surface area contributed by atoms with Crippen molar-refractivity contribution in [2.24, 2.45) is 0 Å². The Morgan fingerprint density at radius 3 is 2.70 bits per heavy atom. The molecule has 5 heteroatoms. The zero-order valence-corrected chi connectivity index (χ0v) is 12.0. The first-order valence-corrected chi connectivity index (χ1v) is 6.71. The van der Waals surface area contributed by atoms with Crippen LogP contribution in [0.3, 0.4) is 0 Å². The van der Waals surface area contributed by atoms with Crippen molar-refractivity contribution in [3.63, 3.8) is 0 Å². The molecule has 1 aromatic rings. The van der Waals surface area contributed by atoms with Crippen molar-refractivity contribution in [2.45, 2.75) is 39.2 Å². The molecule has 1 aromatic carbocycles. The lowest BCUT2D eigenvalue weighted by molar-refractivity contribution is -0.116. The first-order valence-electron chi connectivity index (χ1n) is 6.71. The number of anilines is 1. The van der Waals surface area contributed by atoms with Gasteiger partial charge in [-0.25, -0.2) is 0 Å². The molecule has 20 heavy (non-hydrogen) atoms. The maximum absolute atomic E-state index is 12.3. The number of Topliss-reactive ketones (excluding diaryl/α,β-unsaturated/α-hetero) is 1. The van der Waals surface area contributed by atoms with Crippen molar-refractivity contribution >= 4 is 17.4 Å². The second kappa shape index (κ2) is 5.25. The van der Waals surface area contributed by atoms with Crippen molar-refractivity contribution in [1.82, 2.24) is 5.32 Å². The van der Waals surface area contributed by atoms with Crippen LogP contribution in [0.2, 0.25) is 0 Å². The number of rotatable bonds is 3. The molecule has 108 valence electrons. The molecule has 1 heterocycles. The van der Waals surface area contributed by atoms with Crippen LogP contribution in [0.4, 0.5) is 5.69 Å². The van der Waals surface area contributed by atoms with E-state index in [4.69, 9.17) is 0 Å². The Labute approximate surface area is 118 Å². The van der Waals surface area contributed by atoms with E-state index < -0.39 is 0 Å². The Hall–Kier alpha value is -1.88. The van der Waals surface area contributed by atoms with Gasteiger partial charge in [0.25, 0.3) is 0 Å². The van der Waals surface area contributed by atoms with Gasteiger partial charge >= 0.3 is 0 Å². The molecule has 2 rings (SSSR count). The Kier molecular flexibility index (Phi) is 3.81. The van der Waals surface area contributed by atoms with E-state index in [1.165, 1.54) is 6.07 Å². The minimum absolute atomic E-state index is 0.00776. The van der Waals surface area contributed by atoms with E-state index in [0.29, 0.717) is 24.1 Å². The molecule has 1 amide bonds. The van der Waals surface area contributed by atoms with E-state index in [0.717, 1.165) is 5.56 Å². The van der Waals surface area contributed by atoms with Crippen molar-refractivity contribution in [3.8, 4) is 5.75 Å². The second-order valence-electron chi connectivity index (χ2n) is 6.06. The van der Waals surface area contributed by atoms with E-state index >= 15 is 0 Å². The lowest BCUT2D eigenvalue weighted by Crippen LogP contribution is -2.39. The van der Waals surface area contributed by atoms with Crippen LogP contribution in [0, 0.1) is 0 Å². The first kappa shape index (κ1) is 14.5. The maximum atomic E-state index is 12.3. The smallest absolute Gasteiger partial charge is 0.224 e. The SMILES string of the molecule is CC(C)(C)NCC(=O)c1ccc(O)c2c1CCC(=O)N2. The Morgan fingerprint density at radius 2 is 2.05 bits per heavy atom. The van der Waals surface area contributed by atoms with Gasteiger partial charge in [0.1, 0.15) is 5.75 Å². The standard InChI is InChI=1S/C15H20N2O3/c1-15(2,3)16-8-12(19)9-4-6-11(18)14-10(9)5-7-13(20)17-14/h4,6,16,18H,5,7-8H2,1-3H3,(H,17,20). The zero-order chi connectivity index (χ0) is 14.9. The molecule has 5 nitrogen and oxygen atoms in total. The molecule has 1 aliphatic heterocycles. The monoisotopic (exact) mass is 276 g/mol. The lowest BCUT2D eigenvalue weighted by Gasteiger charge is -2.23. The number of aromatic hydroxyl groups is 1. The highest BCUT2D eigenvalue weighted by molar-refractivity contribution is 6.04. The molecule has 1 aliphatic rings. The van der Waals surface area contributed by atoms with Crippen molar-refractivity contribution in [1.29, 1.82) is 0 Å². The van der Waals surface area contributed by atoms with E-state index in [9.17, 15) is 14.7 Å². The van der Waals surface area contributed by atoms with Crippen LogP contribution in [0.5, 0.6) is 5.75 Å². The third-order valence-electron chi connectivity index (χ3n) is 3.24. The van der Waals surface area contributed by atoms with Crippen molar-refractivity contribution < 1.29 is 14.7 Å². The first-order chi connectivity index (χ1) is 9.28. The highest BCUT2D eigenvalue weighted by Crippen LogP contribution is 2.34. The van der Waals surface area contributed by atoms with Crippen LogP contribution in [0.1, 0.15) is 43.1 Å². The number of phenolic OH excluding ortho intramolecular Hbond substituents is 1. The number of hydrogen-bond acceptors (Lipinski definition) is 4. The molecular formula is C15H20N2O3. The van der Waals surface area contributed by atoms with Crippen molar-refractivity contribution in [2.75, 3.05) is 11.9 Å². The number of benzene rings is 1. The largest absolute Gasteiger partial charge is 0.506 e. The fourth-order valence-electron chi connectivity index (χ4n) is 2.18. The molecule has 0 saturated heterocycles. The number of ketones is 1. The Balaban J connectivity index is 2.27. The summed E-state index contributed by atoms with van der Waals surface area (Å²) in [5, 5.41) is 15.6. The van der Waals surface area contributed by atoms with E-state index in [-0.39, 0.29) is 29.5 Å². The van der Waals surface area contributed by atoms with Gasteiger partial charge in [-0.1, -0.05) is 0 Å². The molecule has 0 fully saturated rings. The van der Waals surface area contributed by atoms with Gasteiger partial charge in [0, 0.05) is 17.5 Å². The van der Waals surface area contributed by atoms with Gasteiger partial charge in [-0.05, 0) is 44.9 Å². The molecule has 0 aromatic heterocycles. The number of carbonyl (C=O) groups excluding carboxylic acids is 2. The number of phenols is 1. The van der Waals surface area contributed by atoms with Crippen LogP contribution >= 0.6 is 0 Å². The van der Waals surface area contributed by atoms with Crippen LogP contribution in [-0.2, 0) is 11.2 Å². The zero-order valence-electron chi connectivity index (χ0n) is 12.0.